The number of oxime groups is 1. The average Bonchev–Trinajstić information content (AvgIpc) is 3.79. The van der Waals surface area contributed by atoms with Crippen LogP contribution in [0.15, 0.2) is 66.6 Å². The summed E-state index contributed by atoms with van der Waals surface area (Å²) in [4.78, 5) is 65.4. The third kappa shape index (κ3) is 7.08. The molecule has 5 heterocycles. The minimum Gasteiger partial charge on any atom is -0.477 e. The van der Waals surface area contributed by atoms with Gasteiger partial charge < -0.3 is 31.2 Å². The highest BCUT2D eigenvalue weighted by molar-refractivity contribution is 8.04. The van der Waals surface area contributed by atoms with Gasteiger partial charge in [0.2, 0.25) is 0 Å². The molecule has 1 unspecified atom stereocenters. The number of carbonyl (C=O) groups is 3. The number of amides is 2. The lowest BCUT2D eigenvalue weighted by Crippen LogP contribution is -2.71. The molecule has 0 spiro atoms. The zero-order chi connectivity index (χ0) is 34.1. The fourth-order valence-corrected chi connectivity index (χ4v) is 10.1. The Morgan fingerprint density at radius 3 is 2.71 bits per heavy atom. The maximum Gasteiger partial charge on any atom is 0.352 e. The number of β-lactam (4-membered cyclic amide) rings is 1. The standard InChI is InChI=1S/C32H33N7O6S4/c33-32-35-21(16-48-32)25(37-45-19-3-1-2-4-19)28(41)36-26-29(42)39-27(31(43)44)17(15-47-30(26)39)7-12-46-24-14-22(40)20-6-5-18(13-23(20)49-24)38-10-8-34-9-11-38/h5-7,12-14,16,19,26,30,34H,1-4,8-11,15H2,(H2,33,35)(H,36,41)(H,43,44)/t26?,30-/m1/s1. The topological polar surface area (TPSA) is 180 Å². The van der Waals surface area contributed by atoms with E-state index in [1.807, 2.05) is 12.1 Å². The van der Waals surface area contributed by atoms with Gasteiger partial charge in [0.05, 0.1) is 4.21 Å². The first-order chi connectivity index (χ1) is 23.8. The molecule has 1 aliphatic carbocycles. The van der Waals surface area contributed by atoms with E-state index in [0.717, 1.165) is 77.8 Å². The number of hydrogen-bond acceptors (Lipinski definition) is 14. The van der Waals surface area contributed by atoms with Crippen LogP contribution in [0.2, 0.25) is 0 Å². The Balaban J connectivity index is 1.05. The molecule has 17 heteroatoms. The number of aromatic nitrogens is 1. The van der Waals surface area contributed by atoms with Gasteiger partial charge in [-0.2, -0.15) is 0 Å². The van der Waals surface area contributed by atoms with Crippen LogP contribution in [-0.2, 0) is 19.2 Å². The number of rotatable bonds is 10. The predicted octanol–water partition coefficient (Wildman–Crippen LogP) is 3.42. The van der Waals surface area contributed by atoms with Crippen LogP contribution in [0.5, 0.6) is 0 Å². The number of aliphatic carboxylic acids is 1. The van der Waals surface area contributed by atoms with Gasteiger partial charge in [0, 0.05) is 59.2 Å². The molecule has 2 atom stereocenters. The summed E-state index contributed by atoms with van der Waals surface area (Å²) >= 11 is 5.33. The lowest BCUT2D eigenvalue weighted by atomic mass is 10.0. The number of hydrogen-bond donors (Lipinski definition) is 4. The number of nitrogens with two attached hydrogens (primary N) is 1. The second kappa shape index (κ2) is 14.5. The number of piperazine rings is 1. The summed E-state index contributed by atoms with van der Waals surface area (Å²) in [6.07, 6.45) is 5.30. The van der Waals surface area contributed by atoms with Crippen molar-refractivity contribution >= 4 is 90.6 Å². The van der Waals surface area contributed by atoms with Crippen molar-refractivity contribution in [3.05, 3.63) is 68.3 Å². The van der Waals surface area contributed by atoms with Crippen molar-refractivity contribution in [3.8, 4) is 0 Å². The van der Waals surface area contributed by atoms with Crippen LogP contribution in [0.3, 0.4) is 0 Å². The van der Waals surface area contributed by atoms with E-state index in [9.17, 15) is 24.3 Å². The normalized spacial score (nSPS) is 21.7. The molecular formula is C32H33N7O6S4. The second-order valence-corrected chi connectivity index (χ2v) is 16.1. The van der Waals surface area contributed by atoms with E-state index in [1.54, 1.807) is 22.9 Å². The molecule has 3 aromatic rings. The van der Waals surface area contributed by atoms with Crippen LogP contribution in [0, 0.1) is 0 Å². The number of carbonyl (C=O) groups excluding carboxylic acids is 2. The number of nitrogens with one attached hydrogen (secondary N) is 2. The molecule has 3 aliphatic heterocycles. The summed E-state index contributed by atoms with van der Waals surface area (Å²) < 4.78 is 1.65. The number of allylic oxidation sites excluding steroid dienone is 1. The quantitative estimate of drug-likeness (QED) is 0.103. The van der Waals surface area contributed by atoms with Gasteiger partial charge >= 0.3 is 5.97 Å². The van der Waals surface area contributed by atoms with Crippen molar-refractivity contribution in [1.29, 1.82) is 0 Å². The van der Waals surface area contributed by atoms with Crippen molar-refractivity contribution in [2.45, 2.75) is 47.4 Å². The first kappa shape index (κ1) is 33.6. The number of nitrogen functional groups attached to an aromatic ring is 1. The number of anilines is 2. The van der Waals surface area contributed by atoms with E-state index in [0.29, 0.717) is 16.7 Å². The van der Waals surface area contributed by atoms with Crippen LogP contribution >= 0.6 is 46.2 Å². The van der Waals surface area contributed by atoms with Crippen molar-refractivity contribution in [1.82, 2.24) is 20.5 Å². The van der Waals surface area contributed by atoms with E-state index in [4.69, 9.17) is 10.6 Å². The summed E-state index contributed by atoms with van der Waals surface area (Å²) in [7, 11) is 0. The molecule has 7 rings (SSSR count). The smallest absolute Gasteiger partial charge is 0.352 e. The fraction of sp³-hybridized carbons (Fsp3) is 0.375. The summed E-state index contributed by atoms with van der Waals surface area (Å²) in [5.74, 6) is -2.13. The monoisotopic (exact) mass is 739 g/mol. The van der Waals surface area contributed by atoms with Gasteiger partial charge in [-0.25, -0.2) is 9.78 Å². The number of thiazole rings is 1. The summed E-state index contributed by atoms with van der Waals surface area (Å²) in [5, 5.41) is 24.0. The number of nitrogens with zero attached hydrogens (tertiary/aromatic N) is 4. The van der Waals surface area contributed by atoms with Gasteiger partial charge in [-0.05, 0) is 60.9 Å². The molecule has 2 aromatic heterocycles. The summed E-state index contributed by atoms with van der Waals surface area (Å²) in [5.41, 5.74) is 7.28. The van der Waals surface area contributed by atoms with Gasteiger partial charge in [0.1, 0.15) is 28.9 Å². The Hall–Kier alpha value is -3.90. The second-order valence-electron chi connectivity index (χ2n) is 11.8. The fourth-order valence-electron chi connectivity index (χ4n) is 6.19. The van der Waals surface area contributed by atoms with Gasteiger partial charge in [0.15, 0.2) is 16.3 Å². The number of fused-ring (bicyclic) bond motifs is 2. The van der Waals surface area contributed by atoms with E-state index < -0.39 is 29.2 Å². The van der Waals surface area contributed by atoms with Crippen molar-refractivity contribution in [3.63, 3.8) is 0 Å². The molecule has 4 aliphatic rings. The van der Waals surface area contributed by atoms with Crippen molar-refractivity contribution in [2.24, 2.45) is 5.16 Å². The molecule has 0 bridgehead atoms. The van der Waals surface area contributed by atoms with E-state index in [-0.39, 0.29) is 33.8 Å². The highest BCUT2D eigenvalue weighted by Gasteiger charge is 2.54. The maximum absolute atomic E-state index is 13.4. The Morgan fingerprint density at radius 2 is 1.98 bits per heavy atom. The van der Waals surface area contributed by atoms with Gasteiger partial charge in [-0.3, -0.25) is 19.3 Å². The molecule has 49 heavy (non-hydrogen) atoms. The molecule has 2 saturated heterocycles. The van der Waals surface area contributed by atoms with Crippen LogP contribution in [0.4, 0.5) is 10.8 Å². The van der Waals surface area contributed by atoms with Crippen LogP contribution in [-0.4, -0.2) is 87.9 Å². The van der Waals surface area contributed by atoms with E-state index in [2.05, 4.69) is 31.7 Å². The van der Waals surface area contributed by atoms with E-state index in [1.165, 1.54) is 39.8 Å². The highest BCUT2D eigenvalue weighted by atomic mass is 32.2. The van der Waals surface area contributed by atoms with Crippen LogP contribution in [0.1, 0.15) is 31.4 Å². The zero-order valence-corrected chi connectivity index (χ0v) is 29.4. The molecule has 5 N–H and O–H groups in total. The van der Waals surface area contributed by atoms with Gasteiger partial charge in [-0.1, -0.05) is 16.9 Å². The first-order valence-corrected chi connectivity index (χ1v) is 19.4. The molecule has 13 nitrogen and oxygen atoms in total. The van der Waals surface area contributed by atoms with Crippen molar-refractivity contribution < 1.29 is 24.3 Å². The maximum atomic E-state index is 13.4. The predicted molar refractivity (Wildman–Crippen MR) is 194 cm³/mol. The third-order valence-electron chi connectivity index (χ3n) is 8.69. The largest absolute Gasteiger partial charge is 0.477 e. The molecule has 1 aromatic carbocycles. The Kier molecular flexibility index (Phi) is 9.96. The zero-order valence-electron chi connectivity index (χ0n) is 26.1. The van der Waals surface area contributed by atoms with Gasteiger partial charge in [-0.15, -0.1) is 34.4 Å². The summed E-state index contributed by atoms with van der Waals surface area (Å²) in [6, 6.07) is 6.55. The minimum atomic E-state index is -1.24. The Labute approximate surface area is 297 Å². The number of carboxylic acids is 1. The number of benzene rings is 1. The minimum absolute atomic E-state index is 0.0752. The molecule has 0 radical (unpaired) electrons. The van der Waals surface area contributed by atoms with Crippen molar-refractivity contribution in [2.75, 3.05) is 42.6 Å². The van der Waals surface area contributed by atoms with E-state index >= 15 is 0 Å². The number of carboxylic acid groups (broad SMARTS) is 1. The molecule has 1 saturated carbocycles. The lowest BCUT2D eigenvalue weighted by molar-refractivity contribution is -0.150. The first-order valence-electron chi connectivity index (χ1n) is 15.8. The SMILES string of the molecule is Nc1nc(C(=NOC2CCCC2)C(=O)NC2C(=O)N3C(C(=O)O)=C(C=CSc4cc(=O)c5ccc(N6CCNCC6)cc5s4)CS[C@H]23)cs1. The Bertz CT molecular complexity index is 1950. The highest BCUT2D eigenvalue weighted by Crippen LogP contribution is 2.41. The van der Waals surface area contributed by atoms with Crippen LogP contribution < -0.4 is 26.7 Å². The third-order valence-corrected chi connectivity index (χ3v) is 12.7. The molecule has 3 fully saturated rings. The Morgan fingerprint density at radius 1 is 1.18 bits per heavy atom. The molecule has 256 valence electrons. The summed E-state index contributed by atoms with van der Waals surface area (Å²) in [6.45, 7) is 3.62. The lowest BCUT2D eigenvalue weighted by Gasteiger charge is -2.49. The number of thioether (sulfide) groups is 2. The molecular weight excluding hydrogens is 707 g/mol. The molecule has 2 amide bonds. The van der Waals surface area contributed by atoms with Gasteiger partial charge in [0.25, 0.3) is 11.8 Å². The van der Waals surface area contributed by atoms with Crippen LogP contribution in [0.25, 0.3) is 10.1 Å². The average molecular weight is 740 g/mol.